The third-order valence-corrected chi connectivity index (χ3v) is 4.86. The zero-order valence-electron chi connectivity index (χ0n) is 11.6. The molecule has 3 rings (SSSR count). The quantitative estimate of drug-likeness (QED) is 0.923. The summed E-state index contributed by atoms with van der Waals surface area (Å²) in [7, 11) is 1.82. The van der Waals surface area contributed by atoms with Gasteiger partial charge < -0.3 is 10.2 Å². The second kappa shape index (κ2) is 5.25. The lowest BCUT2D eigenvalue weighted by molar-refractivity contribution is 0.0680. The Morgan fingerprint density at radius 3 is 3.15 bits per heavy atom. The molecule has 1 unspecified atom stereocenters. The van der Waals surface area contributed by atoms with E-state index in [1.54, 1.807) is 23.7 Å². The monoisotopic (exact) mass is 287 g/mol. The molecule has 4 nitrogen and oxygen atoms in total. The van der Waals surface area contributed by atoms with Crippen molar-refractivity contribution in [1.82, 2.24) is 9.88 Å². The van der Waals surface area contributed by atoms with Gasteiger partial charge in [-0.1, -0.05) is 0 Å². The van der Waals surface area contributed by atoms with Crippen LogP contribution in [-0.4, -0.2) is 29.4 Å². The summed E-state index contributed by atoms with van der Waals surface area (Å²) in [4.78, 5) is 20.2. The van der Waals surface area contributed by atoms with Crippen molar-refractivity contribution in [2.24, 2.45) is 0 Å². The number of anilines is 1. The van der Waals surface area contributed by atoms with E-state index in [2.05, 4.69) is 28.7 Å². The number of carbonyl (C=O) groups is 1. The fourth-order valence-electron chi connectivity index (χ4n) is 2.72. The van der Waals surface area contributed by atoms with Crippen LogP contribution in [0.1, 0.15) is 33.8 Å². The molecule has 1 N–H and O–H groups in total. The number of amides is 1. The van der Waals surface area contributed by atoms with Crippen LogP contribution in [0.25, 0.3) is 0 Å². The van der Waals surface area contributed by atoms with E-state index in [4.69, 9.17) is 0 Å². The Labute approximate surface area is 122 Å². The smallest absolute Gasteiger partial charge is 0.258 e. The van der Waals surface area contributed by atoms with E-state index < -0.39 is 0 Å². The highest BCUT2D eigenvalue weighted by Crippen LogP contribution is 2.34. The van der Waals surface area contributed by atoms with Gasteiger partial charge in [-0.25, -0.2) is 0 Å². The van der Waals surface area contributed by atoms with E-state index in [1.807, 2.05) is 18.0 Å². The molecule has 0 saturated heterocycles. The Hall–Kier alpha value is -1.88. The maximum Gasteiger partial charge on any atom is 0.258 e. The average Bonchev–Trinajstić information content (AvgIpc) is 2.96. The van der Waals surface area contributed by atoms with E-state index in [1.165, 1.54) is 10.4 Å². The van der Waals surface area contributed by atoms with Gasteiger partial charge in [0.15, 0.2) is 0 Å². The second-order valence-corrected chi connectivity index (χ2v) is 5.90. The van der Waals surface area contributed by atoms with Crippen LogP contribution in [0.15, 0.2) is 29.9 Å². The van der Waals surface area contributed by atoms with Crippen LogP contribution in [0.4, 0.5) is 5.69 Å². The Bertz CT molecular complexity index is 638. The zero-order chi connectivity index (χ0) is 14.1. The number of thiophene rings is 1. The lowest BCUT2D eigenvalue weighted by Gasteiger charge is -2.34. The van der Waals surface area contributed by atoms with E-state index in [-0.39, 0.29) is 11.9 Å². The number of nitrogens with zero attached hydrogens (tertiary/aromatic N) is 2. The minimum Gasteiger partial charge on any atom is -0.387 e. The van der Waals surface area contributed by atoms with E-state index in [9.17, 15) is 4.79 Å². The van der Waals surface area contributed by atoms with Gasteiger partial charge in [-0.3, -0.25) is 9.78 Å². The van der Waals surface area contributed by atoms with E-state index in [0.29, 0.717) is 5.56 Å². The van der Waals surface area contributed by atoms with Gasteiger partial charge in [0.05, 0.1) is 11.6 Å². The van der Waals surface area contributed by atoms with Gasteiger partial charge >= 0.3 is 0 Å². The summed E-state index contributed by atoms with van der Waals surface area (Å²) >= 11 is 1.78. The number of fused-ring (bicyclic) bond motifs is 1. The fraction of sp³-hybridized carbons (Fsp3) is 0.333. The van der Waals surface area contributed by atoms with Gasteiger partial charge in [0.25, 0.3) is 5.91 Å². The summed E-state index contributed by atoms with van der Waals surface area (Å²) in [5.74, 6) is 0.0480. The molecule has 0 fully saturated rings. The zero-order valence-corrected chi connectivity index (χ0v) is 12.4. The molecule has 0 aliphatic carbocycles. The largest absolute Gasteiger partial charge is 0.387 e. The van der Waals surface area contributed by atoms with Crippen LogP contribution in [-0.2, 0) is 6.42 Å². The number of hydrogen-bond acceptors (Lipinski definition) is 4. The van der Waals surface area contributed by atoms with Crippen molar-refractivity contribution < 1.29 is 4.79 Å². The first-order chi connectivity index (χ1) is 9.72. The molecule has 0 bridgehead atoms. The molecule has 1 atom stereocenters. The van der Waals surface area contributed by atoms with Crippen LogP contribution >= 0.6 is 11.3 Å². The molecule has 0 spiro atoms. The third kappa shape index (κ3) is 2.08. The number of pyridine rings is 1. The highest BCUT2D eigenvalue weighted by molar-refractivity contribution is 7.10. The van der Waals surface area contributed by atoms with Gasteiger partial charge in [-0.15, -0.1) is 11.3 Å². The fourth-order valence-corrected chi connectivity index (χ4v) is 3.69. The van der Waals surface area contributed by atoms with Gasteiger partial charge in [-0.2, -0.15) is 0 Å². The van der Waals surface area contributed by atoms with Gasteiger partial charge in [0.1, 0.15) is 0 Å². The summed E-state index contributed by atoms with van der Waals surface area (Å²) in [5, 5.41) is 5.17. The van der Waals surface area contributed by atoms with Crippen molar-refractivity contribution in [2.75, 3.05) is 18.9 Å². The summed E-state index contributed by atoms with van der Waals surface area (Å²) in [5.41, 5.74) is 2.75. The molecule has 20 heavy (non-hydrogen) atoms. The van der Waals surface area contributed by atoms with Crippen molar-refractivity contribution >= 4 is 22.9 Å². The number of aromatic nitrogens is 1. The molecule has 2 aromatic rings. The topological polar surface area (TPSA) is 45.2 Å². The number of nitrogens with one attached hydrogen (secondary N) is 1. The lowest BCUT2D eigenvalue weighted by Crippen LogP contribution is -2.38. The number of hydrogen-bond donors (Lipinski definition) is 1. The standard InChI is InChI=1S/C15H17N3OS/c1-10-11-5-8-20-14(11)4-7-18(10)15(19)12-9-17-6-3-13(12)16-2/h3,5-6,8-10H,4,7H2,1-2H3,(H,16,17). The second-order valence-electron chi connectivity index (χ2n) is 4.89. The van der Waals surface area contributed by atoms with Crippen molar-refractivity contribution in [2.45, 2.75) is 19.4 Å². The highest BCUT2D eigenvalue weighted by Gasteiger charge is 2.29. The maximum atomic E-state index is 12.8. The van der Waals surface area contributed by atoms with Crippen LogP contribution in [0, 0.1) is 0 Å². The SMILES string of the molecule is CNc1ccncc1C(=O)N1CCc2sccc2C1C. The molecule has 0 saturated carbocycles. The molecule has 2 aromatic heterocycles. The highest BCUT2D eigenvalue weighted by atomic mass is 32.1. The van der Waals surface area contributed by atoms with Crippen molar-refractivity contribution in [3.05, 3.63) is 45.9 Å². The lowest BCUT2D eigenvalue weighted by atomic mass is 10.0. The minimum absolute atomic E-state index is 0.0480. The van der Waals surface area contributed by atoms with Gasteiger partial charge in [0.2, 0.25) is 0 Å². The Kier molecular flexibility index (Phi) is 3.44. The normalized spacial score (nSPS) is 17.7. The Morgan fingerprint density at radius 2 is 2.35 bits per heavy atom. The predicted octanol–water partition coefficient (Wildman–Crippen LogP) is 2.94. The summed E-state index contributed by atoms with van der Waals surface area (Å²) in [6.07, 6.45) is 4.28. The third-order valence-electron chi connectivity index (χ3n) is 3.86. The molecular formula is C15H17N3OS. The molecule has 104 valence electrons. The minimum atomic E-state index is 0.0480. The van der Waals surface area contributed by atoms with Crippen LogP contribution < -0.4 is 5.32 Å². The average molecular weight is 287 g/mol. The first-order valence-corrected chi connectivity index (χ1v) is 7.59. The molecule has 3 heterocycles. The Morgan fingerprint density at radius 1 is 1.50 bits per heavy atom. The first kappa shape index (κ1) is 13.1. The molecule has 1 aliphatic rings. The summed E-state index contributed by atoms with van der Waals surface area (Å²) in [6, 6.07) is 4.09. The molecule has 0 aromatic carbocycles. The van der Waals surface area contributed by atoms with Crippen molar-refractivity contribution in [3.63, 3.8) is 0 Å². The number of carbonyl (C=O) groups excluding carboxylic acids is 1. The van der Waals surface area contributed by atoms with Crippen LogP contribution in [0.5, 0.6) is 0 Å². The molecule has 0 radical (unpaired) electrons. The molecule has 5 heteroatoms. The van der Waals surface area contributed by atoms with E-state index in [0.717, 1.165) is 18.7 Å². The van der Waals surface area contributed by atoms with Gasteiger partial charge in [-0.05, 0) is 36.4 Å². The van der Waals surface area contributed by atoms with Crippen molar-refractivity contribution in [1.29, 1.82) is 0 Å². The van der Waals surface area contributed by atoms with Gasteiger partial charge in [0, 0.05) is 36.6 Å². The Balaban J connectivity index is 1.92. The molecular weight excluding hydrogens is 270 g/mol. The predicted molar refractivity (Wildman–Crippen MR) is 81.3 cm³/mol. The molecule has 1 amide bonds. The van der Waals surface area contributed by atoms with Crippen LogP contribution in [0.2, 0.25) is 0 Å². The van der Waals surface area contributed by atoms with Crippen molar-refractivity contribution in [3.8, 4) is 0 Å². The maximum absolute atomic E-state index is 12.8. The number of rotatable bonds is 2. The molecule has 1 aliphatic heterocycles. The van der Waals surface area contributed by atoms with E-state index >= 15 is 0 Å². The summed E-state index contributed by atoms with van der Waals surface area (Å²) < 4.78 is 0. The van der Waals surface area contributed by atoms with Crippen LogP contribution in [0.3, 0.4) is 0 Å². The summed E-state index contributed by atoms with van der Waals surface area (Å²) in [6.45, 7) is 2.86. The first-order valence-electron chi connectivity index (χ1n) is 6.71.